The average Bonchev–Trinajstić information content (AvgIpc) is 3.16. The maximum Gasteiger partial charge on any atom is 0.309 e. The monoisotopic (exact) mass is 287 g/mol. The lowest BCUT2D eigenvalue weighted by Gasteiger charge is -2.08. The Balaban J connectivity index is 1.86. The van der Waals surface area contributed by atoms with E-state index in [9.17, 15) is 9.59 Å². The largest absolute Gasteiger partial charge is 0.455 e. The molecule has 0 saturated heterocycles. The lowest BCUT2D eigenvalue weighted by Crippen LogP contribution is -2.21. The average molecular weight is 288 g/mol. The molecule has 0 bridgehead atoms. The molecule has 18 heavy (non-hydrogen) atoms. The standard InChI is InChI=1S/C12H11Cl2NO3/c13-8-2-1-3-9(11(8)14)15-10(16)6-18-12(17)7-4-5-7/h1-3,7H,4-6H2,(H,15,16). The van der Waals surface area contributed by atoms with Gasteiger partial charge >= 0.3 is 5.97 Å². The number of esters is 1. The van der Waals surface area contributed by atoms with E-state index in [-0.39, 0.29) is 23.5 Å². The van der Waals surface area contributed by atoms with E-state index in [1.54, 1.807) is 18.2 Å². The summed E-state index contributed by atoms with van der Waals surface area (Å²) in [5.41, 5.74) is 0.400. The number of rotatable bonds is 4. The van der Waals surface area contributed by atoms with Crippen LogP contribution in [0.1, 0.15) is 12.8 Å². The summed E-state index contributed by atoms with van der Waals surface area (Å²) < 4.78 is 4.84. The first-order valence-corrected chi connectivity index (χ1v) is 6.24. The number of anilines is 1. The third-order valence-electron chi connectivity index (χ3n) is 2.48. The number of hydrogen-bond donors (Lipinski definition) is 1. The van der Waals surface area contributed by atoms with Gasteiger partial charge in [0.05, 0.1) is 21.7 Å². The summed E-state index contributed by atoms with van der Waals surface area (Å²) in [5.74, 6) is -0.775. The topological polar surface area (TPSA) is 55.4 Å². The van der Waals surface area contributed by atoms with E-state index in [2.05, 4.69) is 5.32 Å². The van der Waals surface area contributed by atoms with Gasteiger partial charge in [-0.05, 0) is 25.0 Å². The molecule has 1 amide bonds. The second-order valence-corrected chi connectivity index (χ2v) is 4.82. The van der Waals surface area contributed by atoms with Crippen molar-refractivity contribution in [1.29, 1.82) is 0 Å². The Morgan fingerprint density at radius 2 is 2.06 bits per heavy atom. The highest BCUT2D eigenvalue weighted by Gasteiger charge is 2.31. The molecule has 0 spiro atoms. The summed E-state index contributed by atoms with van der Waals surface area (Å²) in [6.45, 7) is -0.307. The molecule has 0 aromatic heterocycles. The molecule has 1 fully saturated rings. The normalized spacial score (nSPS) is 14.1. The van der Waals surface area contributed by atoms with Crippen LogP contribution in [0, 0.1) is 5.92 Å². The number of nitrogens with one attached hydrogen (secondary N) is 1. The van der Waals surface area contributed by atoms with Gasteiger partial charge in [0.1, 0.15) is 0 Å². The third-order valence-corrected chi connectivity index (χ3v) is 3.30. The molecule has 1 saturated carbocycles. The molecular formula is C12H11Cl2NO3. The third kappa shape index (κ3) is 3.37. The molecule has 1 aliphatic rings. The molecule has 2 rings (SSSR count). The summed E-state index contributed by atoms with van der Waals surface area (Å²) >= 11 is 11.7. The predicted molar refractivity (Wildman–Crippen MR) is 68.8 cm³/mol. The van der Waals surface area contributed by atoms with Gasteiger partial charge in [0.15, 0.2) is 6.61 Å². The Bertz CT molecular complexity index is 486. The van der Waals surface area contributed by atoms with E-state index in [4.69, 9.17) is 27.9 Å². The van der Waals surface area contributed by atoms with Crippen LogP contribution in [-0.4, -0.2) is 18.5 Å². The molecule has 1 aliphatic carbocycles. The minimum Gasteiger partial charge on any atom is -0.455 e. The van der Waals surface area contributed by atoms with Crippen LogP contribution in [0.25, 0.3) is 0 Å². The molecule has 96 valence electrons. The summed E-state index contributed by atoms with van der Waals surface area (Å²) in [7, 11) is 0. The SMILES string of the molecule is O=C(COC(=O)C1CC1)Nc1cccc(Cl)c1Cl. The molecule has 4 nitrogen and oxygen atoms in total. The van der Waals surface area contributed by atoms with Crippen LogP contribution in [0.15, 0.2) is 18.2 Å². The smallest absolute Gasteiger partial charge is 0.309 e. The zero-order valence-corrected chi connectivity index (χ0v) is 10.9. The summed E-state index contributed by atoms with van der Waals surface area (Å²) in [6.07, 6.45) is 1.70. The summed E-state index contributed by atoms with van der Waals surface area (Å²) in [5, 5.41) is 3.15. The van der Waals surface area contributed by atoms with E-state index in [0.29, 0.717) is 10.7 Å². The summed E-state index contributed by atoms with van der Waals surface area (Å²) in [4.78, 5) is 22.8. The maximum atomic E-state index is 11.5. The van der Waals surface area contributed by atoms with Crippen LogP contribution in [0.5, 0.6) is 0 Å². The van der Waals surface area contributed by atoms with E-state index in [1.807, 2.05) is 0 Å². The van der Waals surface area contributed by atoms with Gasteiger partial charge in [0, 0.05) is 0 Å². The highest BCUT2D eigenvalue weighted by atomic mass is 35.5. The van der Waals surface area contributed by atoms with Crippen molar-refractivity contribution in [3.63, 3.8) is 0 Å². The highest BCUT2D eigenvalue weighted by molar-refractivity contribution is 6.43. The van der Waals surface area contributed by atoms with Crippen LogP contribution in [-0.2, 0) is 14.3 Å². The van der Waals surface area contributed by atoms with Crippen molar-refractivity contribution < 1.29 is 14.3 Å². The lowest BCUT2D eigenvalue weighted by atomic mass is 10.3. The van der Waals surface area contributed by atoms with Gasteiger partial charge in [0.25, 0.3) is 5.91 Å². The van der Waals surface area contributed by atoms with Crippen molar-refractivity contribution in [2.24, 2.45) is 5.92 Å². The number of halogens is 2. The van der Waals surface area contributed by atoms with Crippen molar-refractivity contribution in [2.45, 2.75) is 12.8 Å². The van der Waals surface area contributed by atoms with Crippen LogP contribution in [0.2, 0.25) is 10.0 Å². The van der Waals surface area contributed by atoms with Gasteiger partial charge in [0.2, 0.25) is 0 Å². The first-order chi connectivity index (χ1) is 8.58. The quantitative estimate of drug-likeness (QED) is 0.867. The molecule has 0 unspecified atom stereocenters. The number of ether oxygens (including phenoxy) is 1. The fourth-order valence-electron chi connectivity index (χ4n) is 1.36. The van der Waals surface area contributed by atoms with Crippen molar-refractivity contribution in [3.05, 3.63) is 28.2 Å². The number of benzene rings is 1. The van der Waals surface area contributed by atoms with Gasteiger partial charge in [-0.1, -0.05) is 29.3 Å². The Hall–Kier alpha value is -1.26. The Kier molecular flexibility index (Phi) is 4.09. The first-order valence-electron chi connectivity index (χ1n) is 5.48. The zero-order chi connectivity index (χ0) is 13.1. The van der Waals surface area contributed by atoms with E-state index in [1.165, 1.54) is 0 Å². The molecule has 6 heteroatoms. The van der Waals surface area contributed by atoms with Crippen LogP contribution < -0.4 is 5.32 Å². The molecule has 1 aromatic rings. The Morgan fingerprint density at radius 3 is 2.72 bits per heavy atom. The van der Waals surface area contributed by atoms with Crippen molar-refractivity contribution in [2.75, 3.05) is 11.9 Å². The Morgan fingerprint density at radius 1 is 1.33 bits per heavy atom. The second kappa shape index (κ2) is 5.59. The van der Waals surface area contributed by atoms with E-state index in [0.717, 1.165) is 12.8 Å². The van der Waals surface area contributed by atoms with Gasteiger partial charge in [-0.2, -0.15) is 0 Å². The number of carbonyl (C=O) groups excluding carboxylic acids is 2. The Labute approximate surface area is 114 Å². The van der Waals surface area contributed by atoms with Crippen molar-refractivity contribution in [3.8, 4) is 0 Å². The number of amides is 1. The molecule has 1 aromatic carbocycles. The fourth-order valence-corrected chi connectivity index (χ4v) is 1.71. The molecule has 0 aliphatic heterocycles. The van der Waals surface area contributed by atoms with Crippen LogP contribution >= 0.6 is 23.2 Å². The molecule has 0 atom stereocenters. The summed E-state index contributed by atoms with van der Waals surface area (Å²) in [6, 6.07) is 4.90. The van der Waals surface area contributed by atoms with Gasteiger partial charge in [-0.3, -0.25) is 9.59 Å². The number of hydrogen-bond acceptors (Lipinski definition) is 3. The lowest BCUT2D eigenvalue weighted by molar-refractivity contribution is -0.148. The molecular weight excluding hydrogens is 277 g/mol. The minimum absolute atomic E-state index is 0.0208. The van der Waals surface area contributed by atoms with Crippen LogP contribution in [0.3, 0.4) is 0 Å². The minimum atomic E-state index is -0.437. The first kappa shape index (κ1) is 13.2. The van der Waals surface area contributed by atoms with Gasteiger partial charge < -0.3 is 10.1 Å². The van der Waals surface area contributed by atoms with E-state index < -0.39 is 5.91 Å². The van der Waals surface area contributed by atoms with Crippen molar-refractivity contribution >= 4 is 40.8 Å². The zero-order valence-electron chi connectivity index (χ0n) is 9.41. The predicted octanol–water partition coefficient (Wildman–Crippen LogP) is 2.89. The highest BCUT2D eigenvalue weighted by Crippen LogP contribution is 2.30. The fraction of sp³-hybridized carbons (Fsp3) is 0.333. The number of carbonyl (C=O) groups is 2. The molecule has 0 heterocycles. The maximum absolute atomic E-state index is 11.5. The van der Waals surface area contributed by atoms with E-state index >= 15 is 0 Å². The van der Waals surface area contributed by atoms with Gasteiger partial charge in [-0.15, -0.1) is 0 Å². The van der Waals surface area contributed by atoms with Crippen molar-refractivity contribution in [1.82, 2.24) is 0 Å². The second-order valence-electron chi connectivity index (χ2n) is 4.03. The molecule has 0 radical (unpaired) electrons. The van der Waals surface area contributed by atoms with Crippen LogP contribution in [0.4, 0.5) is 5.69 Å². The van der Waals surface area contributed by atoms with Gasteiger partial charge in [-0.25, -0.2) is 0 Å². The molecule has 1 N–H and O–H groups in total.